The predicted molar refractivity (Wildman–Crippen MR) is 101 cm³/mol. The summed E-state index contributed by atoms with van der Waals surface area (Å²) in [6, 6.07) is 5.79. The van der Waals surface area contributed by atoms with Crippen molar-refractivity contribution in [2.75, 3.05) is 26.1 Å². The van der Waals surface area contributed by atoms with Gasteiger partial charge in [-0.25, -0.2) is 19.3 Å². The molecule has 0 spiro atoms. The van der Waals surface area contributed by atoms with Gasteiger partial charge < -0.3 is 14.2 Å². The molecule has 8 nitrogen and oxygen atoms in total. The number of rotatable bonds is 8. The van der Waals surface area contributed by atoms with Crippen molar-refractivity contribution in [3.05, 3.63) is 53.0 Å². The van der Waals surface area contributed by atoms with Crippen molar-refractivity contribution in [3.8, 4) is 17.5 Å². The fraction of sp³-hybridized carbons (Fsp3) is 0.222. The van der Waals surface area contributed by atoms with Gasteiger partial charge in [0.1, 0.15) is 17.9 Å². The molecule has 3 rings (SSSR count). The molecule has 0 fully saturated rings. The van der Waals surface area contributed by atoms with E-state index >= 15 is 0 Å². The van der Waals surface area contributed by atoms with Crippen molar-refractivity contribution in [1.82, 2.24) is 15.0 Å². The molecule has 0 bridgehead atoms. The average molecular weight is 404 g/mol. The number of hydrogen-bond donors (Lipinski definition) is 1. The van der Waals surface area contributed by atoms with E-state index in [1.165, 1.54) is 44.0 Å². The van der Waals surface area contributed by atoms with Gasteiger partial charge in [0.25, 0.3) is 5.91 Å². The van der Waals surface area contributed by atoms with Crippen molar-refractivity contribution in [3.63, 3.8) is 0 Å². The highest BCUT2D eigenvalue weighted by atomic mass is 32.1. The maximum absolute atomic E-state index is 12.9. The zero-order valence-electron chi connectivity index (χ0n) is 15.1. The largest absolute Gasteiger partial charge is 0.493 e. The number of ether oxygens (including phenoxy) is 3. The summed E-state index contributed by atoms with van der Waals surface area (Å²) in [5.41, 5.74) is 0.842. The second-order valence-electron chi connectivity index (χ2n) is 5.42. The van der Waals surface area contributed by atoms with Gasteiger partial charge in [-0.15, -0.1) is 11.3 Å². The SMILES string of the molecule is COc1ncnc(OC)c1C(=O)Nc1nc(CCOc2ccc(F)cc2)cs1. The lowest BCUT2D eigenvalue weighted by Gasteiger charge is -2.09. The number of nitrogens with zero attached hydrogens (tertiary/aromatic N) is 3. The van der Waals surface area contributed by atoms with Gasteiger partial charge in [-0.3, -0.25) is 10.1 Å². The van der Waals surface area contributed by atoms with Crippen molar-refractivity contribution in [2.24, 2.45) is 0 Å². The zero-order valence-corrected chi connectivity index (χ0v) is 16.0. The Morgan fingerprint density at radius 1 is 1.14 bits per heavy atom. The maximum Gasteiger partial charge on any atom is 0.268 e. The highest BCUT2D eigenvalue weighted by Crippen LogP contribution is 2.25. The Morgan fingerprint density at radius 3 is 2.46 bits per heavy atom. The third kappa shape index (κ3) is 4.71. The van der Waals surface area contributed by atoms with E-state index in [0.29, 0.717) is 23.9 Å². The van der Waals surface area contributed by atoms with Crippen LogP contribution in [0.3, 0.4) is 0 Å². The smallest absolute Gasteiger partial charge is 0.268 e. The van der Waals surface area contributed by atoms with Crippen molar-refractivity contribution in [1.29, 1.82) is 0 Å². The summed E-state index contributed by atoms with van der Waals surface area (Å²) < 4.78 is 28.6. The molecule has 0 aliphatic carbocycles. The number of amides is 1. The van der Waals surface area contributed by atoms with Gasteiger partial charge in [0.2, 0.25) is 11.8 Å². The molecule has 2 heterocycles. The van der Waals surface area contributed by atoms with Gasteiger partial charge in [-0.1, -0.05) is 0 Å². The second-order valence-corrected chi connectivity index (χ2v) is 6.28. The zero-order chi connectivity index (χ0) is 19.9. The van der Waals surface area contributed by atoms with Gasteiger partial charge in [-0.2, -0.15) is 0 Å². The predicted octanol–water partition coefficient (Wildman–Crippen LogP) is 2.96. The number of aromatic nitrogens is 3. The molecule has 0 aliphatic heterocycles. The minimum Gasteiger partial charge on any atom is -0.493 e. The molecule has 0 saturated carbocycles. The average Bonchev–Trinajstić information content (AvgIpc) is 3.15. The Morgan fingerprint density at radius 2 is 1.82 bits per heavy atom. The van der Waals surface area contributed by atoms with E-state index in [4.69, 9.17) is 14.2 Å². The number of methoxy groups -OCH3 is 2. The number of anilines is 1. The number of hydrogen-bond acceptors (Lipinski definition) is 8. The molecule has 1 N–H and O–H groups in total. The van der Waals surface area contributed by atoms with Crippen molar-refractivity contribution >= 4 is 22.4 Å². The molecule has 1 aromatic carbocycles. The highest BCUT2D eigenvalue weighted by molar-refractivity contribution is 7.14. The first-order valence-corrected chi connectivity index (χ1v) is 9.05. The van der Waals surface area contributed by atoms with Crippen LogP contribution in [-0.2, 0) is 6.42 Å². The Bertz CT molecular complexity index is 927. The van der Waals surface area contributed by atoms with Gasteiger partial charge in [0, 0.05) is 11.8 Å². The van der Waals surface area contributed by atoms with Gasteiger partial charge in [-0.05, 0) is 24.3 Å². The third-order valence-corrected chi connectivity index (χ3v) is 4.41. The Hall–Kier alpha value is -3.27. The number of carbonyl (C=O) groups is 1. The first-order chi connectivity index (χ1) is 13.6. The summed E-state index contributed by atoms with van der Waals surface area (Å²) >= 11 is 1.28. The lowest BCUT2D eigenvalue weighted by molar-refractivity contribution is 0.101. The molecule has 0 saturated heterocycles. The molecular weight excluding hydrogens is 387 g/mol. The Labute approximate surface area is 164 Å². The van der Waals surface area contributed by atoms with Crippen LogP contribution < -0.4 is 19.5 Å². The number of thiazole rings is 1. The number of carbonyl (C=O) groups excluding carboxylic acids is 1. The van der Waals surface area contributed by atoms with E-state index in [2.05, 4.69) is 20.3 Å². The Balaban J connectivity index is 1.60. The summed E-state index contributed by atoms with van der Waals surface area (Å²) in [6.07, 6.45) is 1.78. The molecule has 0 aliphatic rings. The van der Waals surface area contributed by atoms with Gasteiger partial charge in [0.05, 0.1) is 26.5 Å². The van der Waals surface area contributed by atoms with E-state index in [1.807, 2.05) is 5.38 Å². The van der Waals surface area contributed by atoms with Crippen LogP contribution in [0.1, 0.15) is 16.1 Å². The van der Waals surface area contributed by atoms with Crippen LogP contribution in [0.5, 0.6) is 17.5 Å². The molecule has 0 atom stereocenters. The van der Waals surface area contributed by atoms with E-state index in [9.17, 15) is 9.18 Å². The minimum absolute atomic E-state index is 0.0869. The van der Waals surface area contributed by atoms with Crippen LogP contribution in [0.15, 0.2) is 36.0 Å². The van der Waals surface area contributed by atoms with Crippen LogP contribution in [0.25, 0.3) is 0 Å². The van der Waals surface area contributed by atoms with Crippen molar-refractivity contribution < 1.29 is 23.4 Å². The lowest BCUT2D eigenvalue weighted by atomic mass is 10.3. The fourth-order valence-electron chi connectivity index (χ4n) is 2.30. The Kier molecular flexibility index (Phi) is 6.33. The van der Waals surface area contributed by atoms with Crippen LogP contribution in [0.4, 0.5) is 9.52 Å². The quantitative estimate of drug-likeness (QED) is 0.617. The summed E-state index contributed by atoms with van der Waals surface area (Å²) in [7, 11) is 2.81. The van der Waals surface area contributed by atoms with Crippen molar-refractivity contribution in [2.45, 2.75) is 6.42 Å². The third-order valence-electron chi connectivity index (χ3n) is 3.60. The summed E-state index contributed by atoms with van der Waals surface area (Å²) in [4.78, 5) is 24.8. The first kappa shape index (κ1) is 19.5. The van der Waals surface area contributed by atoms with Gasteiger partial charge >= 0.3 is 0 Å². The number of benzene rings is 1. The number of nitrogens with one attached hydrogen (secondary N) is 1. The standard InChI is InChI=1S/C18H17FN4O4S/c1-25-16-14(17(26-2)21-10-20-16)15(24)23-18-22-12(9-28-18)7-8-27-13-5-3-11(19)4-6-13/h3-6,9-10H,7-8H2,1-2H3,(H,22,23,24). The topological polar surface area (TPSA) is 95.5 Å². The summed E-state index contributed by atoms with van der Waals surface area (Å²) in [5, 5.41) is 4.92. The summed E-state index contributed by atoms with van der Waals surface area (Å²) in [6.45, 7) is 0.372. The monoisotopic (exact) mass is 404 g/mol. The lowest BCUT2D eigenvalue weighted by Crippen LogP contribution is -2.16. The van der Waals surface area contributed by atoms with Crippen LogP contribution in [0.2, 0.25) is 0 Å². The molecule has 3 aromatic rings. The highest BCUT2D eigenvalue weighted by Gasteiger charge is 2.22. The molecule has 2 aromatic heterocycles. The van der Waals surface area contributed by atoms with Crippen LogP contribution in [-0.4, -0.2) is 41.7 Å². The number of halogens is 1. The molecule has 0 unspecified atom stereocenters. The molecule has 1 amide bonds. The van der Waals surface area contributed by atoms with E-state index in [1.54, 1.807) is 12.1 Å². The van der Waals surface area contributed by atoms with Gasteiger partial charge in [0.15, 0.2) is 10.7 Å². The molecule has 28 heavy (non-hydrogen) atoms. The molecule has 10 heteroatoms. The van der Waals surface area contributed by atoms with E-state index in [-0.39, 0.29) is 23.1 Å². The van der Waals surface area contributed by atoms with Crippen LogP contribution >= 0.6 is 11.3 Å². The second kappa shape index (κ2) is 9.09. The molecular formula is C18H17FN4O4S. The van der Waals surface area contributed by atoms with E-state index in [0.717, 1.165) is 5.69 Å². The first-order valence-electron chi connectivity index (χ1n) is 8.17. The normalized spacial score (nSPS) is 10.4. The molecule has 0 radical (unpaired) electrons. The minimum atomic E-state index is -0.488. The molecule has 146 valence electrons. The fourth-order valence-corrected chi connectivity index (χ4v) is 3.04. The van der Waals surface area contributed by atoms with E-state index < -0.39 is 5.91 Å². The summed E-state index contributed by atoms with van der Waals surface area (Å²) in [5.74, 6) is -0.0156. The maximum atomic E-state index is 12.9. The van der Waals surface area contributed by atoms with Crippen LogP contribution in [0, 0.1) is 5.82 Å².